The van der Waals surface area contributed by atoms with E-state index in [-0.39, 0.29) is 6.55 Å². The van der Waals surface area contributed by atoms with Crippen molar-refractivity contribution in [2.75, 3.05) is 0 Å². The van der Waals surface area contributed by atoms with Gasteiger partial charge in [0.25, 0.3) is 5.29 Å². The molecule has 0 fully saturated rings. The van der Waals surface area contributed by atoms with Gasteiger partial charge in [-0.15, -0.1) is 22.2 Å². The third kappa shape index (κ3) is 2.98. The Balaban J connectivity index is 6.65. The van der Waals surface area contributed by atoms with Crippen molar-refractivity contribution < 1.29 is 57.1 Å². The lowest BCUT2D eigenvalue weighted by molar-refractivity contribution is -0.421. The van der Waals surface area contributed by atoms with Crippen LogP contribution in [0.25, 0.3) is 0 Å². The molecule has 0 bridgehead atoms. The number of halogens is 15. The molecule has 0 rings (SSSR count). The summed E-state index contributed by atoms with van der Waals surface area (Å²) in [6, 6.07) is 0. The van der Waals surface area contributed by atoms with Crippen molar-refractivity contribution in [3.8, 4) is 0 Å². The van der Waals surface area contributed by atoms with Crippen LogP contribution >= 0.6 is 22.2 Å². The molecular weight excluding hydrogens is 430 g/mol. The fourth-order valence-corrected chi connectivity index (χ4v) is 3.86. The summed E-state index contributed by atoms with van der Waals surface area (Å²) in [4.78, 5) is 0. The Hall–Kier alpha value is -0.113. The Kier molecular flexibility index (Phi) is 5.42. The van der Waals surface area contributed by atoms with E-state index in [4.69, 9.17) is 0 Å². The highest BCUT2D eigenvalue weighted by molar-refractivity contribution is 7.46. The molecule has 0 N–H and O–H groups in total. The summed E-state index contributed by atoms with van der Waals surface area (Å²) >= 11 is 9.10. The Morgan fingerprint density at radius 3 is 1.00 bits per heavy atom. The Labute approximate surface area is 128 Å². The van der Waals surface area contributed by atoms with Crippen LogP contribution in [0, 0.1) is 0 Å². The minimum absolute atomic E-state index is 0.334. The highest BCUT2D eigenvalue weighted by atomic mass is 35.7. The fraction of sp³-hybridized carbons (Fsp3) is 1.00. The summed E-state index contributed by atoms with van der Waals surface area (Å²) in [6.45, 7) is -6.54. The van der Waals surface area contributed by atoms with Crippen molar-refractivity contribution in [2.24, 2.45) is 0 Å². The van der Waals surface area contributed by atoms with E-state index in [1.165, 1.54) is 0 Å². The molecule has 0 nitrogen and oxygen atoms in total. The molecule has 0 aromatic heterocycles. The molecule has 0 amide bonds. The van der Waals surface area contributed by atoms with Gasteiger partial charge < -0.3 is 0 Å². The monoisotopic (exact) mass is 432 g/mol. The third-order valence-electron chi connectivity index (χ3n) is 2.57. The maximum atomic E-state index is 13.7. The minimum atomic E-state index is -7.85. The van der Waals surface area contributed by atoms with Crippen molar-refractivity contribution in [3.63, 3.8) is 0 Å². The predicted molar refractivity (Wildman–Crippen MR) is 54.1 cm³/mol. The number of hydrogen-bond donors (Lipinski definition) is 0. The van der Waals surface area contributed by atoms with E-state index >= 15 is 0 Å². The highest BCUT2D eigenvalue weighted by Gasteiger charge is 2.93. The molecule has 16 heteroatoms. The van der Waals surface area contributed by atoms with Crippen molar-refractivity contribution >= 4 is 28.9 Å². The summed E-state index contributed by atoms with van der Waals surface area (Å²) in [5, 5.41) is -6.71. The second-order valence-electron chi connectivity index (χ2n) is 4.27. The first-order chi connectivity index (χ1) is 9.50. The number of hydrogen-bond acceptors (Lipinski definition) is 0. The molecule has 0 radical (unpaired) electrons. The first-order valence-electron chi connectivity index (χ1n) is 4.83. The quantitative estimate of drug-likeness (QED) is 0.298. The zero-order chi connectivity index (χ0) is 19.5. The average molecular weight is 433 g/mol. The zero-order valence-corrected chi connectivity index (χ0v) is 12.7. The first kappa shape index (κ1) is 22.9. The second-order valence-corrected chi connectivity index (χ2v) is 11.8. The van der Waals surface area contributed by atoms with E-state index in [2.05, 4.69) is 22.2 Å². The summed E-state index contributed by atoms with van der Waals surface area (Å²) < 4.78 is 164. The first-order valence-corrected chi connectivity index (χ1v) is 9.36. The van der Waals surface area contributed by atoms with Gasteiger partial charge >= 0.3 is 36.8 Å². The Morgan fingerprint density at radius 2 is 0.826 bits per heavy atom. The number of rotatable bonds is 4. The molecule has 140 valence electrons. The van der Waals surface area contributed by atoms with E-state index in [9.17, 15) is 57.1 Å². The minimum Gasteiger partial charge on any atom is -0.228 e. The molecule has 0 saturated carbocycles. The lowest BCUT2D eigenvalue weighted by Gasteiger charge is -2.44. The van der Waals surface area contributed by atoms with Crippen molar-refractivity contribution in [1.82, 2.24) is 0 Å². The van der Waals surface area contributed by atoms with Crippen LogP contribution in [0.3, 0.4) is 0 Å². The molecule has 0 aromatic rings. The van der Waals surface area contributed by atoms with Gasteiger partial charge in [0.2, 0.25) is 0 Å². The molecule has 0 aliphatic rings. The Bertz CT molecular complexity index is 431. The lowest BCUT2D eigenvalue weighted by Crippen LogP contribution is -2.76. The largest absolute Gasteiger partial charge is 0.460 e. The number of alkyl halides is 13. The van der Waals surface area contributed by atoms with Crippen LogP contribution in [0.5, 0.6) is 0 Å². The van der Waals surface area contributed by atoms with Crippen molar-refractivity contribution in [2.45, 2.75) is 42.0 Å². The topological polar surface area (TPSA) is 0 Å². The van der Waals surface area contributed by atoms with Crippen molar-refractivity contribution in [3.05, 3.63) is 0 Å². The SMILES string of the molecule is C[Si](Cl)(Cl)C(F)(C(F)(F)F)C(F)(F)C(F)(F)C(F)(F)C(F)(F)F. The predicted octanol–water partition coefficient (Wildman–Crippen LogP) is 5.81. The van der Waals surface area contributed by atoms with Crippen LogP contribution in [0.4, 0.5) is 57.1 Å². The smallest absolute Gasteiger partial charge is 0.228 e. The van der Waals surface area contributed by atoms with Gasteiger partial charge in [-0.3, -0.25) is 0 Å². The van der Waals surface area contributed by atoms with E-state index in [0.717, 1.165) is 0 Å². The molecule has 0 spiro atoms. The fourth-order valence-electron chi connectivity index (χ4n) is 1.29. The van der Waals surface area contributed by atoms with Crippen LogP contribution in [-0.2, 0) is 0 Å². The molecule has 0 aliphatic carbocycles. The summed E-state index contributed by atoms with van der Waals surface area (Å²) in [5.74, 6) is -23.2. The van der Waals surface area contributed by atoms with Crippen LogP contribution in [0.2, 0.25) is 6.55 Å². The molecule has 0 saturated heterocycles. The maximum absolute atomic E-state index is 13.7. The summed E-state index contributed by atoms with van der Waals surface area (Å²) in [5.41, 5.74) is 0. The lowest BCUT2D eigenvalue weighted by atomic mass is 9.98. The molecule has 0 aromatic carbocycles. The van der Waals surface area contributed by atoms with Gasteiger partial charge in [-0.25, -0.2) is 4.39 Å². The molecule has 1 unspecified atom stereocenters. The Morgan fingerprint density at radius 1 is 0.522 bits per heavy atom. The standard InChI is InChI=1S/C7H3Cl2F13Si/c1-23(8,9)5(16,7(20,21)22)3(12,13)2(10,11)4(14,15)6(17,18)19/h1H3. The van der Waals surface area contributed by atoms with E-state index < -0.39 is 42.1 Å². The van der Waals surface area contributed by atoms with Gasteiger partial charge in [-0.05, 0) is 6.55 Å². The van der Waals surface area contributed by atoms with Gasteiger partial charge in [0.1, 0.15) is 0 Å². The van der Waals surface area contributed by atoms with Gasteiger partial charge in [0.15, 0.2) is 0 Å². The average Bonchev–Trinajstić information content (AvgIpc) is 2.22. The highest BCUT2D eigenvalue weighted by Crippen LogP contribution is 2.63. The normalized spacial score (nSPS) is 18.8. The maximum Gasteiger partial charge on any atom is 0.460 e. The van der Waals surface area contributed by atoms with Gasteiger partial charge in [0.05, 0.1) is 0 Å². The molecular formula is C7H3Cl2F13Si. The van der Waals surface area contributed by atoms with Gasteiger partial charge in [-0.1, -0.05) is 0 Å². The van der Waals surface area contributed by atoms with Crippen LogP contribution in [0.1, 0.15) is 0 Å². The molecule has 1 atom stereocenters. The second kappa shape index (κ2) is 5.44. The summed E-state index contributed by atoms with van der Waals surface area (Å²) in [6.07, 6.45) is -14.5. The molecule has 23 heavy (non-hydrogen) atoms. The van der Waals surface area contributed by atoms with E-state index in [1.807, 2.05) is 0 Å². The van der Waals surface area contributed by atoms with E-state index in [0.29, 0.717) is 0 Å². The van der Waals surface area contributed by atoms with Crippen molar-refractivity contribution in [1.29, 1.82) is 0 Å². The third-order valence-corrected chi connectivity index (χ3v) is 5.94. The van der Waals surface area contributed by atoms with Gasteiger partial charge in [0, 0.05) is 0 Å². The van der Waals surface area contributed by atoms with Crippen LogP contribution in [0.15, 0.2) is 0 Å². The van der Waals surface area contributed by atoms with Gasteiger partial charge in [-0.2, -0.15) is 52.7 Å². The molecule has 0 aliphatic heterocycles. The van der Waals surface area contributed by atoms with Crippen LogP contribution in [-0.4, -0.2) is 42.1 Å². The van der Waals surface area contributed by atoms with E-state index in [1.54, 1.807) is 0 Å². The summed E-state index contributed by atoms with van der Waals surface area (Å²) in [7, 11) is 0. The van der Waals surface area contributed by atoms with Crippen LogP contribution < -0.4 is 0 Å². The zero-order valence-electron chi connectivity index (χ0n) is 10.2. The molecule has 0 heterocycles.